The van der Waals surface area contributed by atoms with E-state index in [-0.39, 0.29) is 5.91 Å². The molecule has 0 aliphatic carbocycles. The lowest BCUT2D eigenvalue weighted by Gasteiger charge is -2.27. The molecule has 2 aromatic heterocycles. The Morgan fingerprint density at radius 2 is 1.71 bits per heavy atom. The SMILES string of the molecule is CC1=C(C(=O)Nc2ccccc2)C(c2ccc(C)o2)n2nc(-c3cccc4ccccc34)nc2N1. The zero-order valence-corrected chi connectivity index (χ0v) is 19.3. The van der Waals surface area contributed by atoms with Crippen molar-refractivity contribution in [1.29, 1.82) is 0 Å². The number of rotatable bonds is 4. The van der Waals surface area contributed by atoms with Crippen molar-refractivity contribution in [1.82, 2.24) is 14.8 Å². The van der Waals surface area contributed by atoms with E-state index in [0.29, 0.717) is 34.5 Å². The van der Waals surface area contributed by atoms with E-state index in [4.69, 9.17) is 14.5 Å². The molecule has 1 atom stereocenters. The molecule has 5 aromatic rings. The number of hydrogen-bond acceptors (Lipinski definition) is 5. The number of nitrogens with one attached hydrogen (secondary N) is 2. The standard InChI is InChI=1S/C28H23N5O2/c1-17-15-16-23(35-17)25-24(27(34)30-20-11-4-3-5-12-20)18(2)29-28-31-26(32-33(25)28)22-14-8-10-19-9-6-7-13-21(19)22/h3-16,25H,1-2H3,(H,30,34)(H,29,31,32). The lowest BCUT2D eigenvalue weighted by molar-refractivity contribution is -0.113. The number of anilines is 2. The number of fused-ring (bicyclic) bond motifs is 2. The fraction of sp³-hybridized carbons (Fsp3) is 0.107. The van der Waals surface area contributed by atoms with Crippen LogP contribution in [0.1, 0.15) is 24.5 Å². The summed E-state index contributed by atoms with van der Waals surface area (Å²) in [5, 5.41) is 13.3. The summed E-state index contributed by atoms with van der Waals surface area (Å²) in [4.78, 5) is 18.3. The maximum absolute atomic E-state index is 13.5. The van der Waals surface area contributed by atoms with Gasteiger partial charge in [-0.25, -0.2) is 4.68 Å². The van der Waals surface area contributed by atoms with E-state index in [0.717, 1.165) is 22.1 Å². The highest BCUT2D eigenvalue weighted by Gasteiger charge is 2.36. The van der Waals surface area contributed by atoms with E-state index in [1.54, 1.807) is 4.68 Å². The molecule has 35 heavy (non-hydrogen) atoms. The fourth-order valence-corrected chi connectivity index (χ4v) is 4.56. The zero-order valence-electron chi connectivity index (χ0n) is 19.3. The molecule has 0 spiro atoms. The second-order valence-corrected chi connectivity index (χ2v) is 8.57. The summed E-state index contributed by atoms with van der Waals surface area (Å²) >= 11 is 0. The van der Waals surface area contributed by atoms with Crippen molar-refractivity contribution < 1.29 is 9.21 Å². The Morgan fingerprint density at radius 1 is 0.943 bits per heavy atom. The average molecular weight is 462 g/mol. The first-order valence-electron chi connectivity index (χ1n) is 11.4. The van der Waals surface area contributed by atoms with Crippen LogP contribution >= 0.6 is 0 Å². The van der Waals surface area contributed by atoms with Gasteiger partial charge in [0.1, 0.15) is 17.6 Å². The van der Waals surface area contributed by atoms with Crippen molar-refractivity contribution in [3.63, 3.8) is 0 Å². The van der Waals surface area contributed by atoms with Crippen molar-refractivity contribution in [2.24, 2.45) is 0 Å². The van der Waals surface area contributed by atoms with Crippen molar-refractivity contribution in [2.75, 3.05) is 10.6 Å². The average Bonchev–Trinajstić information content (AvgIpc) is 3.49. The van der Waals surface area contributed by atoms with Gasteiger partial charge in [-0.3, -0.25) is 4.79 Å². The highest BCUT2D eigenvalue weighted by Crippen LogP contribution is 2.38. The quantitative estimate of drug-likeness (QED) is 0.347. The maximum Gasteiger partial charge on any atom is 0.256 e. The van der Waals surface area contributed by atoms with Gasteiger partial charge in [-0.05, 0) is 48.9 Å². The first-order chi connectivity index (χ1) is 17.1. The van der Waals surface area contributed by atoms with Gasteiger partial charge in [-0.2, -0.15) is 4.98 Å². The molecule has 1 amide bonds. The van der Waals surface area contributed by atoms with E-state index < -0.39 is 6.04 Å². The Morgan fingerprint density at radius 3 is 2.51 bits per heavy atom. The lowest BCUT2D eigenvalue weighted by Crippen LogP contribution is -2.31. The van der Waals surface area contributed by atoms with E-state index >= 15 is 0 Å². The third kappa shape index (κ3) is 3.67. The summed E-state index contributed by atoms with van der Waals surface area (Å²) in [5.74, 6) is 2.29. The summed E-state index contributed by atoms with van der Waals surface area (Å²) in [7, 11) is 0. The molecule has 3 heterocycles. The number of carbonyl (C=O) groups is 1. The highest BCUT2D eigenvalue weighted by molar-refractivity contribution is 6.06. The smallest absolute Gasteiger partial charge is 0.256 e. The number of allylic oxidation sites excluding steroid dienone is 1. The van der Waals surface area contributed by atoms with Crippen LogP contribution in [0, 0.1) is 6.92 Å². The molecule has 0 saturated carbocycles. The number of nitrogens with zero attached hydrogens (tertiary/aromatic N) is 3. The molecule has 0 radical (unpaired) electrons. The molecule has 172 valence electrons. The van der Waals surface area contributed by atoms with Gasteiger partial charge < -0.3 is 15.1 Å². The third-order valence-corrected chi connectivity index (χ3v) is 6.19. The number of amides is 1. The zero-order chi connectivity index (χ0) is 23.9. The van der Waals surface area contributed by atoms with Crippen molar-refractivity contribution in [3.8, 4) is 11.4 Å². The summed E-state index contributed by atoms with van der Waals surface area (Å²) in [6, 6.07) is 26.8. The van der Waals surface area contributed by atoms with E-state index in [1.165, 1.54) is 0 Å². The van der Waals surface area contributed by atoms with Gasteiger partial charge >= 0.3 is 0 Å². The second kappa shape index (κ2) is 8.29. The Labute approximate surface area is 202 Å². The molecule has 1 aliphatic heterocycles. The molecule has 1 unspecified atom stereocenters. The monoisotopic (exact) mass is 461 g/mol. The highest BCUT2D eigenvalue weighted by atomic mass is 16.3. The predicted molar refractivity (Wildman–Crippen MR) is 136 cm³/mol. The second-order valence-electron chi connectivity index (χ2n) is 8.57. The van der Waals surface area contributed by atoms with Gasteiger partial charge in [-0.15, -0.1) is 5.10 Å². The predicted octanol–water partition coefficient (Wildman–Crippen LogP) is 5.93. The maximum atomic E-state index is 13.5. The van der Waals surface area contributed by atoms with E-state index in [1.807, 2.05) is 80.6 Å². The molecule has 7 heteroatoms. The van der Waals surface area contributed by atoms with Gasteiger partial charge in [0, 0.05) is 16.9 Å². The largest absolute Gasteiger partial charge is 0.464 e. The summed E-state index contributed by atoms with van der Waals surface area (Å²) in [6.45, 7) is 3.76. The topological polar surface area (TPSA) is 85.0 Å². The van der Waals surface area contributed by atoms with Crippen molar-refractivity contribution in [2.45, 2.75) is 19.9 Å². The van der Waals surface area contributed by atoms with Crippen LogP contribution in [0.5, 0.6) is 0 Å². The van der Waals surface area contributed by atoms with Crippen molar-refractivity contribution >= 4 is 28.3 Å². The molecule has 0 saturated heterocycles. The van der Waals surface area contributed by atoms with Gasteiger partial charge in [0.25, 0.3) is 5.91 Å². The van der Waals surface area contributed by atoms with Crippen LogP contribution in [0.4, 0.5) is 11.6 Å². The van der Waals surface area contributed by atoms with Gasteiger partial charge in [-0.1, -0.05) is 60.7 Å². The molecule has 0 fully saturated rings. The minimum absolute atomic E-state index is 0.229. The number of furan rings is 1. The first kappa shape index (κ1) is 20.9. The van der Waals surface area contributed by atoms with Gasteiger partial charge in [0.15, 0.2) is 5.82 Å². The number of aryl methyl sites for hydroxylation is 1. The fourth-order valence-electron chi connectivity index (χ4n) is 4.56. The lowest BCUT2D eigenvalue weighted by atomic mass is 10.00. The Balaban J connectivity index is 1.47. The summed E-state index contributed by atoms with van der Waals surface area (Å²) in [5.41, 5.74) is 2.86. The molecule has 6 rings (SSSR count). The molecule has 3 aromatic carbocycles. The molecule has 7 nitrogen and oxygen atoms in total. The van der Waals surface area contributed by atoms with Crippen LogP contribution in [0.25, 0.3) is 22.2 Å². The van der Waals surface area contributed by atoms with Crippen LogP contribution in [0.3, 0.4) is 0 Å². The molecule has 1 aliphatic rings. The van der Waals surface area contributed by atoms with E-state index in [9.17, 15) is 4.79 Å². The number of benzene rings is 3. The van der Waals surface area contributed by atoms with Crippen LogP contribution < -0.4 is 10.6 Å². The molecule has 2 N–H and O–H groups in total. The van der Waals surface area contributed by atoms with Crippen LogP contribution in [0.2, 0.25) is 0 Å². The third-order valence-electron chi connectivity index (χ3n) is 6.19. The number of hydrogen-bond donors (Lipinski definition) is 2. The Kier molecular flexibility index (Phi) is 4.95. The Bertz CT molecular complexity index is 1590. The van der Waals surface area contributed by atoms with Gasteiger partial charge in [0.05, 0.1) is 5.57 Å². The molecular weight excluding hydrogens is 438 g/mol. The number of para-hydroxylation sites is 1. The number of aromatic nitrogens is 3. The summed E-state index contributed by atoms with van der Waals surface area (Å²) in [6.07, 6.45) is 0. The van der Waals surface area contributed by atoms with Crippen LogP contribution in [-0.4, -0.2) is 20.7 Å². The number of carbonyl (C=O) groups excluding carboxylic acids is 1. The summed E-state index contributed by atoms with van der Waals surface area (Å²) < 4.78 is 7.75. The minimum Gasteiger partial charge on any atom is -0.464 e. The van der Waals surface area contributed by atoms with Crippen molar-refractivity contribution in [3.05, 3.63) is 108 Å². The first-order valence-corrected chi connectivity index (χ1v) is 11.4. The molecule has 0 bridgehead atoms. The normalized spacial score (nSPS) is 15.1. The van der Waals surface area contributed by atoms with Crippen LogP contribution in [-0.2, 0) is 4.79 Å². The van der Waals surface area contributed by atoms with E-state index in [2.05, 4.69) is 28.8 Å². The molecular formula is C28H23N5O2. The van der Waals surface area contributed by atoms with Gasteiger partial charge in [0.2, 0.25) is 5.95 Å². The minimum atomic E-state index is -0.570. The van der Waals surface area contributed by atoms with Crippen LogP contribution in [0.15, 0.2) is 101 Å². The Hall–Kier alpha value is -4.65.